The first-order valence-corrected chi connectivity index (χ1v) is 7.32. The van der Waals surface area contributed by atoms with Gasteiger partial charge in [-0.05, 0) is 50.9 Å². The number of halogens is 1. The highest BCUT2D eigenvalue weighted by Crippen LogP contribution is 2.37. The summed E-state index contributed by atoms with van der Waals surface area (Å²) in [6.07, 6.45) is 10.5. The van der Waals surface area contributed by atoms with E-state index < -0.39 is 0 Å². The largest absolute Gasteiger partial charge is 0.337 e. The second kappa shape index (κ2) is 5.79. The van der Waals surface area contributed by atoms with Crippen LogP contribution in [0.4, 0.5) is 0 Å². The van der Waals surface area contributed by atoms with Crippen molar-refractivity contribution in [2.75, 3.05) is 0 Å². The van der Waals surface area contributed by atoms with Crippen LogP contribution in [0.25, 0.3) is 0 Å². The van der Waals surface area contributed by atoms with Crippen molar-refractivity contribution >= 4 is 18.3 Å². The third-order valence-corrected chi connectivity index (χ3v) is 5.14. The van der Waals surface area contributed by atoms with Gasteiger partial charge in [0.1, 0.15) is 0 Å². The molecule has 3 fully saturated rings. The van der Waals surface area contributed by atoms with E-state index in [-0.39, 0.29) is 18.4 Å². The number of nitrogens with zero attached hydrogens (tertiary/aromatic N) is 1. The minimum absolute atomic E-state index is 0. The van der Waals surface area contributed by atoms with E-state index in [1.165, 1.54) is 38.5 Å². The summed E-state index contributed by atoms with van der Waals surface area (Å²) in [6.45, 7) is 0. The Hall–Kier alpha value is -0.280. The number of hydrogen-bond acceptors (Lipinski definition) is 2. The predicted molar refractivity (Wildman–Crippen MR) is 74.7 cm³/mol. The topological polar surface area (TPSA) is 46.3 Å². The average molecular weight is 273 g/mol. The van der Waals surface area contributed by atoms with Crippen molar-refractivity contribution in [2.45, 2.75) is 75.9 Å². The van der Waals surface area contributed by atoms with E-state index in [0.717, 1.165) is 12.8 Å². The Labute approximate surface area is 116 Å². The van der Waals surface area contributed by atoms with Gasteiger partial charge in [0, 0.05) is 24.5 Å². The lowest BCUT2D eigenvalue weighted by atomic mass is 9.96. The first kappa shape index (κ1) is 14.1. The van der Waals surface area contributed by atoms with Crippen LogP contribution in [0.1, 0.15) is 57.8 Å². The number of hydrogen-bond donors (Lipinski definition) is 1. The molecule has 0 spiro atoms. The molecule has 0 radical (unpaired) electrons. The van der Waals surface area contributed by atoms with E-state index in [0.29, 0.717) is 30.3 Å². The van der Waals surface area contributed by atoms with E-state index in [1.807, 2.05) is 0 Å². The first-order chi connectivity index (χ1) is 8.25. The normalized spacial score (nSPS) is 38.6. The van der Waals surface area contributed by atoms with Gasteiger partial charge < -0.3 is 10.6 Å². The number of carbonyl (C=O) groups is 1. The van der Waals surface area contributed by atoms with Crippen molar-refractivity contribution in [3.05, 3.63) is 0 Å². The molecule has 0 aromatic rings. The summed E-state index contributed by atoms with van der Waals surface area (Å²) in [4.78, 5) is 14.7. The van der Waals surface area contributed by atoms with Crippen molar-refractivity contribution in [1.29, 1.82) is 0 Å². The maximum Gasteiger partial charge on any atom is 0.223 e. The van der Waals surface area contributed by atoms with Crippen LogP contribution in [0.2, 0.25) is 0 Å². The molecule has 0 aromatic carbocycles. The number of carbonyl (C=O) groups excluding carboxylic acids is 1. The molecule has 4 heteroatoms. The lowest BCUT2D eigenvalue weighted by Gasteiger charge is -2.35. The van der Waals surface area contributed by atoms with Gasteiger partial charge in [0.25, 0.3) is 0 Å². The van der Waals surface area contributed by atoms with Crippen LogP contribution < -0.4 is 5.73 Å². The molecule has 3 aliphatic rings. The molecule has 1 amide bonds. The van der Waals surface area contributed by atoms with Crippen molar-refractivity contribution in [3.8, 4) is 0 Å². The molecule has 2 aliphatic heterocycles. The molecule has 104 valence electrons. The highest BCUT2D eigenvalue weighted by Gasteiger charge is 2.40. The smallest absolute Gasteiger partial charge is 0.223 e. The zero-order valence-electron chi connectivity index (χ0n) is 11.0. The number of piperidine rings is 1. The summed E-state index contributed by atoms with van der Waals surface area (Å²) in [7, 11) is 0. The molecule has 2 saturated heterocycles. The van der Waals surface area contributed by atoms with Gasteiger partial charge in [0.05, 0.1) is 0 Å². The molecule has 2 unspecified atom stereocenters. The Morgan fingerprint density at radius 1 is 1.00 bits per heavy atom. The van der Waals surface area contributed by atoms with Gasteiger partial charge in [-0.3, -0.25) is 4.79 Å². The maximum absolute atomic E-state index is 12.4. The Balaban J connectivity index is 0.00000120. The molecule has 3 nitrogen and oxygen atoms in total. The van der Waals surface area contributed by atoms with Crippen molar-refractivity contribution in [3.63, 3.8) is 0 Å². The van der Waals surface area contributed by atoms with Crippen molar-refractivity contribution in [1.82, 2.24) is 4.90 Å². The third kappa shape index (κ3) is 2.53. The SMILES string of the molecule is Cl.N[C@@H]1CCC[C@H]1CC(=O)N1C2CCCC1CC2. The number of nitrogens with two attached hydrogens (primary N) is 1. The summed E-state index contributed by atoms with van der Waals surface area (Å²) in [5.41, 5.74) is 6.07. The van der Waals surface area contributed by atoms with E-state index in [4.69, 9.17) is 5.73 Å². The maximum atomic E-state index is 12.4. The number of fused-ring (bicyclic) bond motifs is 2. The molecule has 18 heavy (non-hydrogen) atoms. The summed E-state index contributed by atoms with van der Waals surface area (Å²) in [5, 5.41) is 0. The number of rotatable bonds is 2. The van der Waals surface area contributed by atoms with Gasteiger partial charge in [-0.25, -0.2) is 0 Å². The summed E-state index contributed by atoms with van der Waals surface area (Å²) >= 11 is 0. The molecule has 2 bridgehead atoms. The predicted octanol–water partition coefficient (Wildman–Crippen LogP) is 2.47. The Kier molecular flexibility index (Phi) is 4.54. The van der Waals surface area contributed by atoms with Crippen LogP contribution >= 0.6 is 12.4 Å². The van der Waals surface area contributed by atoms with E-state index in [9.17, 15) is 4.79 Å². The lowest BCUT2D eigenvalue weighted by Crippen LogP contribution is -2.45. The van der Waals surface area contributed by atoms with Gasteiger partial charge in [-0.2, -0.15) is 0 Å². The Morgan fingerprint density at radius 3 is 2.17 bits per heavy atom. The van der Waals surface area contributed by atoms with Gasteiger partial charge in [-0.1, -0.05) is 6.42 Å². The second-order valence-corrected chi connectivity index (χ2v) is 6.18. The average Bonchev–Trinajstić information content (AvgIpc) is 2.81. The van der Waals surface area contributed by atoms with E-state index in [1.54, 1.807) is 0 Å². The van der Waals surface area contributed by atoms with Crippen LogP contribution in [-0.2, 0) is 4.79 Å². The zero-order chi connectivity index (χ0) is 11.8. The van der Waals surface area contributed by atoms with Gasteiger partial charge in [-0.15, -0.1) is 12.4 Å². The molecule has 1 saturated carbocycles. The minimum Gasteiger partial charge on any atom is -0.337 e. The summed E-state index contributed by atoms with van der Waals surface area (Å²) in [5.74, 6) is 0.864. The Morgan fingerprint density at radius 2 is 1.61 bits per heavy atom. The molecular formula is C14H25ClN2O. The van der Waals surface area contributed by atoms with Crippen LogP contribution in [0.15, 0.2) is 0 Å². The highest BCUT2D eigenvalue weighted by molar-refractivity contribution is 5.85. The fourth-order valence-corrected chi connectivity index (χ4v) is 4.17. The third-order valence-electron chi connectivity index (χ3n) is 5.14. The monoisotopic (exact) mass is 272 g/mol. The van der Waals surface area contributed by atoms with Crippen LogP contribution in [0.5, 0.6) is 0 Å². The summed E-state index contributed by atoms with van der Waals surface area (Å²) in [6, 6.07) is 1.42. The van der Waals surface area contributed by atoms with Gasteiger partial charge >= 0.3 is 0 Å². The quantitative estimate of drug-likeness (QED) is 0.839. The number of amides is 1. The Bertz CT molecular complexity index is 294. The van der Waals surface area contributed by atoms with Gasteiger partial charge in [0.15, 0.2) is 0 Å². The fraction of sp³-hybridized carbons (Fsp3) is 0.929. The fourth-order valence-electron chi connectivity index (χ4n) is 4.17. The second-order valence-electron chi connectivity index (χ2n) is 6.18. The van der Waals surface area contributed by atoms with Crippen LogP contribution in [-0.4, -0.2) is 28.9 Å². The van der Waals surface area contributed by atoms with Crippen LogP contribution in [0.3, 0.4) is 0 Å². The zero-order valence-corrected chi connectivity index (χ0v) is 11.8. The van der Waals surface area contributed by atoms with Crippen LogP contribution in [0, 0.1) is 5.92 Å². The summed E-state index contributed by atoms with van der Waals surface area (Å²) < 4.78 is 0. The van der Waals surface area contributed by atoms with Gasteiger partial charge in [0.2, 0.25) is 5.91 Å². The first-order valence-electron chi connectivity index (χ1n) is 7.32. The molecular weight excluding hydrogens is 248 g/mol. The molecule has 4 atom stereocenters. The molecule has 2 N–H and O–H groups in total. The van der Waals surface area contributed by atoms with Crippen molar-refractivity contribution in [2.24, 2.45) is 11.7 Å². The highest BCUT2D eigenvalue weighted by atomic mass is 35.5. The molecule has 1 aliphatic carbocycles. The molecule has 2 heterocycles. The minimum atomic E-state index is 0. The van der Waals surface area contributed by atoms with E-state index in [2.05, 4.69) is 4.90 Å². The van der Waals surface area contributed by atoms with Crippen molar-refractivity contribution < 1.29 is 4.79 Å². The molecule has 0 aromatic heterocycles. The standard InChI is InChI=1S/C14H24N2O.ClH/c15-13-6-1-3-10(13)9-14(17)16-11-4-2-5-12(16)8-7-11;/h10-13H,1-9,15H2;1H/t10-,11?,12?,13+;/m0./s1. The molecule has 3 rings (SSSR count). The lowest BCUT2D eigenvalue weighted by molar-refractivity contribution is -0.136. The van der Waals surface area contributed by atoms with E-state index >= 15 is 0 Å².